The van der Waals surface area contributed by atoms with E-state index in [1.807, 2.05) is 36.4 Å². The van der Waals surface area contributed by atoms with Gasteiger partial charge in [-0.25, -0.2) is 9.97 Å². The maximum absolute atomic E-state index is 9.01. The summed E-state index contributed by atoms with van der Waals surface area (Å²) in [6, 6.07) is 11.8. The highest BCUT2D eigenvalue weighted by Gasteiger charge is 2.18. The lowest BCUT2D eigenvalue weighted by molar-refractivity contribution is 0.407. The molecule has 1 aromatic heterocycles. The van der Waals surface area contributed by atoms with Gasteiger partial charge in [-0.05, 0) is 29.2 Å². The summed E-state index contributed by atoms with van der Waals surface area (Å²) < 4.78 is 0. The van der Waals surface area contributed by atoms with E-state index in [0.717, 1.165) is 23.5 Å². The third kappa shape index (κ3) is 4.83. The molecule has 0 aliphatic heterocycles. The number of rotatable bonds is 4. The lowest BCUT2D eigenvalue weighted by Gasteiger charge is -2.31. The molecule has 2 aromatic rings. The molecule has 0 saturated heterocycles. The summed E-state index contributed by atoms with van der Waals surface area (Å²) in [5.74, 6) is 3.56. The second kappa shape index (κ2) is 6.94. The fourth-order valence-electron chi connectivity index (χ4n) is 2.30. The maximum Gasteiger partial charge on any atom is 0.234 e. The van der Waals surface area contributed by atoms with Crippen molar-refractivity contribution in [3.05, 3.63) is 53.5 Å². The van der Waals surface area contributed by atoms with Gasteiger partial charge in [-0.2, -0.15) is 5.26 Å². The van der Waals surface area contributed by atoms with Crippen molar-refractivity contribution in [2.75, 3.05) is 11.4 Å². The Balaban J connectivity index is 2.30. The lowest BCUT2D eigenvalue weighted by Crippen LogP contribution is -2.33. The summed E-state index contributed by atoms with van der Waals surface area (Å²) in [6.07, 6.45) is 7.02. The van der Waals surface area contributed by atoms with E-state index < -0.39 is 0 Å². The maximum atomic E-state index is 9.01. The van der Waals surface area contributed by atoms with E-state index in [1.54, 1.807) is 6.20 Å². The summed E-state index contributed by atoms with van der Waals surface area (Å²) >= 11 is 0. The van der Waals surface area contributed by atoms with E-state index in [2.05, 4.69) is 41.6 Å². The van der Waals surface area contributed by atoms with Crippen molar-refractivity contribution in [3.8, 4) is 18.4 Å². The average Bonchev–Trinajstić information content (AvgIpc) is 2.54. The molecule has 0 fully saturated rings. The fraction of sp³-hybridized carbons (Fsp3) is 0.316. The quantitative estimate of drug-likeness (QED) is 0.813. The molecule has 2 rings (SSSR count). The van der Waals surface area contributed by atoms with Crippen LogP contribution in [0.25, 0.3) is 0 Å². The molecule has 0 aliphatic carbocycles. The highest BCUT2D eigenvalue weighted by molar-refractivity contribution is 5.42. The Labute approximate surface area is 137 Å². The molecule has 0 saturated carbocycles. The SMILES string of the molecule is C#Cc1ccc(CN(CC(C)(C)C)c2ccnc(C#N)n2)cc1. The fourth-order valence-corrected chi connectivity index (χ4v) is 2.30. The van der Waals surface area contributed by atoms with Crippen molar-refractivity contribution in [3.63, 3.8) is 0 Å². The first-order chi connectivity index (χ1) is 10.9. The summed E-state index contributed by atoms with van der Waals surface area (Å²) in [5, 5.41) is 9.01. The molecule has 116 valence electrons. The topological polar surface area (TPSA) is 52.8 Å². The second-order valence-electron chi connectivity index (χ2n) is 6.61. The number of hydrogen-bond acceptors (Lipinski definition) is 4. The zero-order valence-electron chi connectivity index (χ0n) is 13.7. The van der Waals surface area contributed by atoms with Crippen molar-refractivity contribution in [1.29, 1.82) is 5.26 Å². The normalized spacial score (nSPS) is 10.7. The average molecular weight is 304 g/mol. The van der Waals surface area contributed by atoms with E-state index in [9.17, 15) is 0 Å². The Morgan fingerprint density at radius 2 is 1.87 bits per heavy atom. The second-order valence-corrected chi connectivity index (χ2v) is 6.61. The Hall–Kier alpha value is -2.85. The molecule has 23 heavy (non-hydrogen) atoms. The van der Waals surface area contributed by atoms with E-state index in [1.165, 1.54) is 0 Å². The molecule has 4 nitrogen and oxygen atoms in total. The highest BCUT2D eigenvalue weighted by Crippen LogP contribution is 2.22. The Morgan fingerprint density at radius 3 is 2.43 bits per heavy atom. The van der Waals surface area contributed by atoms with Crippen molar-refractivity contribution in [2.45, 2.75) is 27.3 Å². The van der Waals surface area contributed by atoms with Gasteiger partial charge >= 0.3 is 0 Å². The van der Waals surface area contributed by atoms with Gasteiger partial charge in [0.1, 0.15) is 11.9 Å². The minimum atomic E-state index is 0.0938. The Bertz CT molecular complexity index is 743. The molecule has 4 heteroatoms. The number of benzene rings is 1. The number of terminal acetylenes is 1. The zero-order chi connectivity index (χ0) is 16.9. The van der Waals surface area contributed by atoms with Crippen LogP contribution < -0.4 is 4.90 Å². The van der Waals surface area contributed by atoms with Gasteiger partial charge in [-0.3, -0.25) is 0 Å². The van der Waals surface area contributed by atoms with Crippen LogP contribution in [0.5, 0.6) is 0 Å². The van der Waals surface area contributed by atoms with E-state index in [-0.39, 0.29) is 11.2 Å². The number of anilines is 1. The molecular formula is C19H20N4. The zero-order valence-corrected chi connectivity index (χ0v) is 13.7. The van der Waals surface area contributed by atoms with Gasteiger partial charge in [0.05, 0.1) is 0 Å². The van der Waals surface area contributed by atoms with Crippen LogP contribution >= 0.6 is 0 Å². The Morgan fingerprint density at radius 1 is 1.17 bits per heavy atom. The van der Waals surface area contributed by atoms with Crippen molar-refractivity contribution in [2.24, 2.45) is 5.41 Å². The van der Waals surface area contributed by atoms with Gasteiger partial charge in [0, 0.05) is 24.8 Å². The summed E-state index contributed by atoms with van der Waals surface area (Å²) in [6.45, 7) is 8.03. The predicted octanol–water partition coefficient (Wildman–Crippen LogP) is 3.38. The van der Waals surface area contributed by atoms with Gasteiger partial charge in [-0.15, -0.1) is 6.42 Å². The highest BCUT2D eigenvalue weighted by atomic mass is 15.2. The summed E-state index contributed by atoms with van der Waals surface area (Å²) in [7, 11) is 0. The van der Waals surface area contributed by atoms with Crippen molar-refractivity contribution in [1.82, 2.24) is 9.97 Å². The molecule has 0 spiro atoms. The number of hydrogen-bond donors (Lipinski definition) is 0. The van der Waals surface area contributed by atoms with Gasteiger partial charge in [0.2, 0.25) is 5.82 Å². The molecule has 1 aromatic carbocycles. The molecule has 0 atom stereocenters. The predicted molar refractivity (Wildman–Crippen MR) is 91.6 cm³/mol. The van der Waals surface area contributed by atoms with Crippen LogP contribution in [0.1, 0.15) is 37.7 Å². The molecule has 0 amide bonds. The van der Waals surface area contributed by atoms with Gasteiger partial charge < -0.3 is 4.90 Å². The summed E-state index contributed by atoms with van der Waals surface area (Å²) in [4.78, 5) is 10.4. The number of nitrogens with zero attached hydrogens (tertiary/aromatic N) is 4. The summed E-state index contributed by atoms with van der Waals surface area (Å²) in [5.41, 5.74) is 2.10. The lowest BCUT2D eigenvalue weighted by atomic mass is 9.95. The molecule has 1 heterocycles. The van der Waals surface area contributed by atoms with Crippen LogP contribution in [0.15, 0.2) is 36.5 Å². The minimum absolute atomic E-state index is 0.0938. The monoisotopic (exact) mass is 304 g/mol. The standard InChI is InChI=1S/C19H20N4/c1-5-15-6-8-16(9-7-15)13-23(14-19(2,3)4)18-10-11-21-17(12-20)22-18/h1,6-11H,13-14H2,2-4H3. The first kappa shape index (κ1) is 16.5. The first-order valence-electron chi connectivity index (χ1n) is 7.45. The van der Waals surface area contributed by atoms with E-state index in [0.29, 0.717) is 6.54 Å². The van der Waals surface area contributed by atoms with Crippen molar-refractivity contribution < 1.29 is 0 Å². The molecule has 0 aliphatic rings. The van der Waals surface area contributed by atoms with E-state index in [4.69, 9.17) is 11.7 Å². The van der Waals surface area contributed by atoms with Crippen LogP contribution in [0.4, 0.5) is 5.82 Å². The minimum Gasteiger partial charge on any atom is -0.352 e. The van der Waals surface area contributed by atoms with Crippen molar-refractivity contribution >= 4 is 5.82 Å². The number of nitriles is 1. The van der Waals surface area contributed by atoms with Gasteiger partial charge in [0.15, 0.2) is 0 Å². The molecule has 0 bridgehead atoms. The van der Waals surface area contributed by atoms with Gasteiger partial charge in [-0.1, -0.05) is 38.8 Å². The van der Waals surface area contributed by atoms with Gasteiger partial charge in [0.25, 0.3) is 0 Å². The molecule has 0 radical (unpaired) electrons. The van der Waals surface area contributed by atoms with Crippen LogP contribution in [0, 0.1) is 29.1 Å². The van der Waals surface area contributed by atoms with E-state index >= 15 is 0 Å². The van der Waals surface area contributed by atoms with Crippen LogP contribution in [0.2, 0.25) is 0 Å². The molecule has 0 unspecified atom stereocenters. The number of aromatic nitrogens is 2. The Kier molecular flexibility index (Phi) is 4.98. The molecule has 0 N–H and O–H groups in total. The van der Waals surface area contributed by atoms with Crippen LogP contribution in [-0.2, 0) is 6.54 Å². The molecular weight excluding hydrogens is 284 g/mol. The third-order valence-corrected chi connectivity index (χ3v) is 3.22. The smallest absolute Gasteiger partial charge is 0.234 e. The first-order valence-corrected chi connectivity index (χ1v) is 7.45. The third-order valence-electron chi connectivity index (χ3n) is 3.22. The largest absolute Gasteiger partial charge is 0.352 e. The van der Waals surface area contributed by atoms with Crippen LogP contribution in [0.3, 0.4) is 0 Å². The van der Waals surface area contributed by atoms with Crippen LogP contribution in [-0.4, -0.2) is 16.5 Å².